The first-order valence-electron chi connectivity index (χ1n) is 8.03. The molecule has 4 rings (SSSR count). The van der Waals surface area contributed by atoms with Gasteiger partial charge in [-0.15, -0.1) is 0 Å². The minimum Gasteiger partial charge on any atom is -0.486 e. The molecule has 3 aliphatic rings. The van der Waals surface area contributed by atoms with Crippen LogP contribution < -0.4 is 9.47 Å². The number of para-hydroxylation sites is 2. The summed E-state index contributed by atoms with van der Waals surface area (Å²) in [6.07, 6.45) is 6.95. The van der Waals surface area contributed by atoms with Gasteiger partial charge in [0, 0.05) is 12.0 Å². The van der Waals surface area contributed by atoms with E-state index in [9.17, 15) is 0 Å². The molecule has 0 aliphatic carbocycles. The molecule has 2 saturated heterocycles. The van der Waals surface area contributed by atoms with Crippen LogP contribution in [0.3, 0.4) is 0 Å². The van der Waals surface area contributed by atoms with E-state index in [4.69, 9.17) is 9.47 Å². The van der Waals surface area contributed by atoms with Crippen LogP contribution in [0, 0.1) is 5.92 Å². The standard InChI is InChI=1S/C17H23NO2/c1-2-7-16-15(6-1)19-12-17(20-16)13-8-10-18-9-4-3-5-14(18)11-13/h1-2,6-7,13-14,17H,3-5,8-12H2. The van der Waals surface area contributed by atoms with Crippen molar-refractivity contribution >= 4 is 0 Å². The summed E-state index contributed by atoms with van der Waals surface area (Å²) in [6.45, 7) is 3.27. The van der Waals surface area contributed by atoms with E-state index >= 15 is 0 Å². The lowest BCUT2D eigenvalue weighted by Gasteiger charge is -2.44. The molecule has 20 heavy (non-hydrogen) atoms. The van der Waals surface area contributed by atoms with Gasteiger partial charge in [0.1, 0.15) is 12.7 Å². The predicted molar refractivity (Wildman–Crippen MR) is 78.3 cm³/mol. The molecule has 0 spiro atoms. The van der Waals surface area contributed by atoms with Crippen molar-refractivity contribution in [2.24, 2.45) is 5.92 Å². The number of benzene rings is 1. The van der Waals surface area contributed by atoms with E-state index < -0.39 is 0 Å². The summed E-state index contributed by atoms with van der Waals surface area (Å²) >= 11 is 0. The zero-order valence-corrected chi connectivity index (χ0v) is 12.0. The predicted octanol–water partition coefficient (Wildman–Crippen LogP) is 3.09. The number of rotatable bonds is 1. The van der Waals surface area contributed by atoms with E-state index in [1.165, 1.54) is 45.2 Å². The summed E-state index contributed by atoms with van der Waals surface area (Å²) in [5.41, 5.74) is 0. The van der Waals surface area contributed by atoms with Gasteiger partial charge in [-0.05, 0) is 50.9 Å². The van der Waals surface area contributed by atoms with Crippen LogP contribution in [-0.4, -0.2) is 36.7 Å². The highest BCUT2D eigenvalue weighted by molar-refractivity contribution is 5.40. The van der Waals surface area contributed by atoms with Gasteiger partial charge in [0.25, 0.3) is 0 Å². The Balaban J connectivity index is 1.44. The molecule has 3 nitrogen and oxygen atoms in total. The minimum atomic E-state index is 0.244. The third kappa shape index (κ3) is 2.28. The molecule has 3 atom stereocenters. The van der Waals surface area contributed by atoms with Gasteiger partial charge >= 0.3 is 0 Å². The molecule has 3 heterocycles. The molecule has 3 unspecified atom stereocenters. The Morgan fingerprint density at radius 1 is 1.00 bits per heavy atom. The Labute approximate surface area is 120 Å². The summed E-state index contributed by atoms with van der Waals surface area (Å²) in [4.78, 5) is 2.69. The highest BCUT2D eigenvalue weighted by atomic mass is 16.6. The van der Waals surface area contributed by atoms with Crippen LogP contribution in [0.5, 0.6) is 11.5 Å². The molecule has 3 heteroatoms. The van der Waals surface area contributed by atoms with Crippen LogP contribution in [-0.2, 0) is 0 Å². The number of hydrogen-bond acceptors (Lipinski definition) is 3. The van der Waals surface area contributed by atoms with Crippen LogP contribution in [0.4, 0.5) is 0 Å². The number of ether oxygens (including phenoxy) is 2. The summed E-state index contributed by atoms with van der Waals surface area (Å²) in [5.74, 6) is 2.48. The fraction of sp³-hybridized carbons (Fsp3) is 0.647. The van der Waals surface area contributed by atoms with Crippen LogP contribution >= 0.6 is 0 Å². The maximum atomic E-state index is 6.21. The van der Waals surface area contributed by atoms with Crippen LogP contribution in [0.2, 0.25) is 0 Å². The van der Waals surface area contributed by atoms with Gasteiger partial charge < -0.3 is 14.4 Å². The molecule has 0 radical (unpaired) electrons. The van der Waals surface area contributed by atoms with E-state index in [-0.39, 0.29) is 6.10 Å². The monoisotopic (exact) mass is 273 g/mol. The smallest absolute Gasteiger partial charge is 0.161 e. The van der Waals surface area contributed by atoms with E-state index in [1.807, 2.05) is 24.3 Å². The minimum absolute atomic E-state index is 0.244. The van der Waals surface area contributed by atoms with Crippen molar-refractivity contribution in [3.8, 4) is 11.5 Å². The third-order valence-corrected chi connectivity index (χ3v) is 5.17. The number of nitrogens with zero attached hydrogens (tertiary/aromatic N) is 1. The quantitative estimate of drug-likeness (QED) is 0.785. The van der Waals surface area contributed by atoms with E-state index in [1.54, 1.807) is 0 Å². The maximum Gasteiger partial charge on any atom is 0.161 e. The van der Waals surface area contributed by atoms with Gasteiger partial charge in [-0.25, -0.2) is 0 Å². The Bertz CT molecular complexity index is 476. The van der Waals surface area contributed by atoms with Crippen molar-refractivity contribution in [1.82, 2.24) is 4.90 Å². The second kappa shape index (κ2) is 5.28. The zero-order valence-electron chi connectivity index (χ0n) is 12.0. The van der Waals surface area contributed by atoms with Crippen molar-refractivity contribution in [2.75, 3.05) is 19.7 Å². The average Bonchev–Trinajstić information content (AvgIpc) is 2.54. The molecule has 0 amide bonds. The molecular formula is C17H23NO2. The topological polar surface area (TPSA) is 21.7 Å². The molecule has 1 aromatic rings. The second-order valence-electron chi connectivity index (χ2n) is 6.38. The van der Waals surface area contributed by atoms with E-state index in [2.05, 4.69) is 4.90 Å². The van der Waals surface area contributed by atoms with Crippen LogP contribution in [0.1, 0.15) is 32.1 Å². The third-order valence-electron chi connectivity index (χ3n) is 5.17. The molecule has 1 aromatic carbocycles. The fourth-order valence-corrected chi connectivity index (χ4v) is 4.03. The van der Waals surface area contributed by atoms with Crippen molar-refractivity contribution in [3.63, 3.8) is 0 Å². The maximum absolute atomic E-state index is 6.21. The highest BCUT2D eigenvalue weighted by Gasteiger charge is 2.36. The summed E-state index contributed by atoms with van der Waals surface area (Å²) < 4.78 is 12.1. The molecule has 0 saturated carbocycles. The van der Waals surface area contributed by atoms with Crippen molar-refractivity contribution in [1.29, 1.82) is 0 Å². The number of fused-ring (bicyclic) bond motifs is 2. The molecule has 0 N–H and O–H groups in total. The molecule has 108 valence electrons. The largest absolute Gasteiger partial charge is 0.486 e. The summed E-state index contributed by atoms with van der Waals surface area (Å²) in [5, 5.41) is 0. The second-order valence-corrected chi connectivity index (χ2v) is 6.38. The zero-order chi connectivity index (χ0) is 13.4. The SMILES string of the molecule is c1ccc2c(c1)OCC(C1CCN3CCCCC3C1)O2. The normalized spacial score (nSPS) is 33.5. The van der Waals surface area contributed by atoms with Gasteiger partial charge in [-0.2, -0.15) is 0 Å². The van der Waals surface area contributed by atoms with Gasteiger partial charge in [0.15, 0.2) is 11.5 Å². The fourth-order valence-electron chi connectivity index (χ4n) is 4.03. The van der Waals surface area contributed by atoms with Gasteiger partial charge in [0.2, 0.25) is 0 Å². The van der Waals surface area contributed by atoms with E-state index in [0.29, 0.717) is 12.5 Å². The molecule has 2 fully saturated rings. The van der Waals surface area contributed by atoms with Crippen molar-refractivity contribution in [2.45, 2.75) is 44.2 Å². The first-order valence-corrected chi connectivity index (χ1v) is 8.03. The Kier molecular flexibility index (Phi) is 3.31. The van der Waals surface area contributed by atoms with Crippen LogP contribution in [0.25, 0.3) is 0 Å². The van der Waals surface area contributed by atoms with Crippen LogP contribution in [0.15, 0.2) is 24.3 Å². The average molecular weight is 273 g/mol. The molecule has 0 bridgehead atoms. The first-order chi connectivity index (χ1) is 9.90. The van der Waals surface area contributed by atoms with Gasteiger partial charge in [-0.3, -0.25) is 0 Å². The summed E-state index contributed by atoms with van der Waals surface area (Å²) in [6, 6.07) is 8.84. The Morgan fingerprint density at radius 3 is 2.85 bits per heavy atom. The Hall–Kier alpha value is -1.22. The lowest BCUT2D eigenvalue weighted by atomic mass is 9.83. The summed E-state index contributed by atoms with van der Waals surface area (Å²) in [7, 11) is 0. The molecule has 0 aromatic heterocycles. The lowest BCUT2D eigenvalue weighted by Crippen LogP contribution is -2.49. The highest BCUT2D eigenvalue weighted by Crippen LogP contribution is 2.37. The Morgan fingerprint density at radius 2 is 1.90 bits per heavy atom. The number of piperidine rings is 2. The first kappa shape index (κ1) is 12.5. The molecule has 3 aliphatic heterocycles. The van der Waals surface area contributed by atoms with Gasteiger partial charge in [0.05, 0.1) is 0 Å². The van der Waals surface area contributed by atoms with Crippen molar-refractivity contribution in [3.05, 3.63) is 24.3 Å². The van der Waals surface area contributed by atoms with Gasteiger partial charge in [-0.1, -0.05) is 18.6 Å². The lowest BCUT2D eigenvalue weighted by molar-refractivity contribution is -0.00581. The van der Waals surface area contributed by atoms with Crippen molar-refractivity contribution < 1.29 is 9.47 Å². The molecular weight excluding hydrogens is 250 g/mol. The van der Waals surface area contributed by atoms with E-state index in [0.717, 1.165) is 17.5 Å². The number of hydrogen-bond donors (Lipinski definition) is 0.